The molecular formula is C13H13FO3. The number of rotatable bonds is 2. The molecule has 1 N–H and O–H groups in total. The first kappa shape index (κ1) is 11.6. The van der Waals surface area contributed by atoms with Crippen LogP contribution in [-0.2, 0) is 4.79 Å². The van der Waals surface area contributed by atoms with Crippen molar-refractivity contribution in [2.45, 2.75) is 26.1 Å². The lowest BCUT2D eigenvalue weighted by Gasteiger charge is -2.20. The molecule has 0 bridgehead atoms. The molecule has 0 aliphatic carbocycles. The number of hydrogen-bond donors (Lipinski definition) is 1. The zero-order chi connectivity index (χ0) is 12.6. The minimum atomic E-state index is -1.90. The van der Waals surface area contributed by atoms with Crippen molar-refractivity contribution in [1.29, 1.82) is 0 Å². The van der Waals surface area contributed by atoms with Crippen LogP contribution in [-0.4, -0.2) is 17.4 Å². The quantitative estimate of drug-likeness (QED) is 0.858. The van der Waals surface area contributed by atoms with Gasteiger partial charge >= 0.3 is 5.97 Å². The van der Waals surface area contributed by atoms with Crippen molar-refractivity contribution >= 4 is 12.0 Å². The summed E-state index contributed by atoms with van der Waals surface area (Å²) in [6.45, 7) is 4.05. The molecule has 1 unspecified atom stereocenters. The zero-order valence-electron chi connectivity index (χ0n) is 9.61. The Hall–Kier alpha value is -1.84. The molecule has 0 amide bonds. The Morgan fingerprint density at radius 1 is 1.47 bits per heavy atom. The number of hydrogen-bond acceptors (Lipinski definition) is 2. The first-order valence-electron chi connectivity index (χ1n) is 5.38. The largest absolute Gasteiger partial charge is 0.478 e. The third kappa shape index (κ3) is 2.16. The van der Waals surface area contributed by atoms with Gasteiger partial charge < -0.3 is 9.84 Å². The van der Waals surface area contributed by atoms with E-state index >= 15 is 0 Å². The van der Waals surface area contributed by atoms with Crippen LogP contribution < -0.4 is 4.74 Å². The second-order valence-corrected chi connectivity index (χ2v) is 4.29. The summed E-state index contributed by atoms with van der Waals surface area (Å²) in [7, 11) is 0. The minimum absolute atomic E-state index is 0.312. The lowest BCUT2D eigenvalue weighted by Crippen LogP contribution is -2.22. The van der Waals surface area contributed by atoms with Gasteiger partial charge in [0, 0.05) is 5.56 Å². The first-order valence-corrected chi connectivity index (χ1v) is 5.38. The fraction of sp³-hybridized carbons (Fsp3) is 0.308. The van der Waals surface area contributed by atoms with Gasteiger partial charge in [-0.3, -0.25) is 0 Å². The summed E-state index contributed by atoms with van der Waals surface area (Å²) in [5, 5.41) is 8.79. The molecule has 0 saturated heterocycles. The molecule has 0 spiro atoms. The number of alkyl halides is 1. The number of ether oxygens (including phenoxy) is 1. The predicted octanol–water partition coefficient (Wildman–Crippen LogP) is 2.97. The molecule has 1 heterocycles. The van der Waals surface area contributed by atoms with Gasteiger partial charge in [0.25, 0.3) is 6.36 Å². The highest BCUT2D eigenvalue weighted by Crippen LogP contribution is 2.32. The first-order chi connectivity index (χ1) is 7.99. The number of benzene rings is 1. The Kier molecular flexibility index (Phi) is 2.88. The summed E-state index contributed by atoms with van der Waals surface area (Å²) in [5.74, 6) is -0.586. The average Bonchev–Trinajstić information content (AvgIpc) is 2.26. The Morgan fingerprint density at radius 2 is 2.18 bits per heavy atom. The summed E-state index contributed by atoms with van der Waals surface area (Å²) in [6.07, 6.45) is -0.585. The van der Waals surface area contributed by atoms with Crippen LogP contribution in [0.5, 0.6) is 5.75 Å². The molecule has 90 valence electrons. The van der Waals surface area contributed by atoms with Crippen LogP contribution in [0.2, 0.25) is 0 Å². The van der Waals surface area contributed by atoms with Crippen molar-refractivity contribution in [3.8, 4) is 5.75 Å². The number of carboxylic acid groups (broad SMARTS) is 1. The zero-order valence-corrected chi connectivity index (χ0v) is 9.61. The summed E-state index contributed by atoms with van der Waals surface area (Å²) in [6, 6.07) is 5.39. The molecule has 1 aromatic carbocycles. The molecule has 0 saturated carbocycles. The Balaban J connectivity index is 2.45. The normalized spacial score (nSPS) is 18.4. The number of fused-ring (bicyclic) bond motifs is 1. The van der Waals surface area contributed by atoms with Crippen molar-refractivity contribution in [1.82, 2.24) is 0 Å². The molecular weight excluding hydrogens is 223 g/mol. The molecule has 2 rings (SSSR count). The van der Waals surface area contributed by atoms with Gasteiger partial charge in [-0.1, -0.05) is 26.0 Å². The summed E-state index contributed by atoms with van der Waals surface area (Å²) in [5.41, 5.74) is 1.26. The highest BCUT2D eigenvalue weighted by atomic mass is 19.1. The molecule has 1 atom stereocenters. The fourth-order valence-corrected chi connectivity index (χ4v) is 1.70. The summed E-state index contributed by atoms with van der Waals surface area (Å²) >= 11 is 0. The van der Waals surface area contributed by atoms with E-state index in [9.17, 15) is 9.18 Å². The maximum atomic E-state index is 13.4. The number of carboxylic acids is 1. The van der Waals surface area contributed by atoms with Gasteiger partial charge in [-0.05, 0) is 23.6 Å². The molecule has 0 radical (unpaired) electrons. The predicted molar refractivity (Wildman–Crippen MR) is 61.7 cm³/mol. The van der Waals surface area contributed by atoms with E-state index in [4.69, 9.17) is 9.84 Å². The van der Waals surface area contributed by atoms with E-state index in [0.717, 1.165) is 5.56 Å². The molecule has 0 fully saturated rings. The van der Waals surface area contributed by atoms with E-state index in [0.29, 0.717) is 17.2 Å². The second kappa shape index (κ2) is 4.20. The lowest BCUT2D eigenvalue weighted by atomic mass is 9.99. The molecule has 4 heteroatoms. The summed E-state index contributed by atoms with van der Waals surface area (Å²) in [4.78, 5) is 10.8. The van der Waals surface area contributed by atoms with Crippen molar-refractivity contribution in [3.63, 3.8) is 0 Å². The van der Waals surface area contributed by atoms with Gasteiger partial charge in [-0.25, -0.2) is 4.79 Å². The van der Waals surface area contributed by atoms with Crippen LogP contribution in [0.4, 0.5) is 4.39 Å². The topological polar surface area (TPSA) is 46.5 Å². The fourth-order valence-electron chi connectivity index (χ4n) is 1.70. The average molecular weight is 236 g/mol. The van der Waals surface area contributed by atoms with Crippen LogP contribution >= 0.6 is 0 Å². The molecule has 3 nitrogen and oxygen atoms in total. The minimum Gasteiger partial charge on any atom is -0.478 e. The van der Waals surface area contributed by atoms with Crippen LogP contribution in [0.25, 0.3) is 6.08 Å². The van der Waals surface area contributed by atoms with Crippen molar-refractivity contribution in [3.05, 3.63) is 34.9 Å². The lowest BCUT2D eigenvalue weighted by molar-refractivity contribution is -0.134. The van der Waals surface area contributed by atoms with Gasteiger partial charge in [0.15, 0.2) is 0 Å². The molecule has 0 aromatic heterocycles. The van der Waals surface area contributed by atoms with Crippen LogP contribution in [0.3, 0.4) is 0 Å². The van der Waals surface area contributed by atoms with Gasteiger partial charge in [-0.2, -0.15) is 4.39 Å². The standard InChI is InChI=1S/C13H13FO3/c1-7(2)8-3-4-9-5-10(13(15)16)12(14)17-11(9)6-8/h3-7,12H,1-2H3,(H,15,16). The SMILES string of the molecule is CC(C)c1ccc2c(c1)OC(F)C(C(=O)O)=C2. The Labute approximate surface area is 98.5 Å². The van der Waals surface area contributed by atoms with Crippen molar-refractivity contribution < 1.29 is 19.0 Å². The van der Waals surface area contributed by atoms with Gasteiger partial charge in [0.2, 0.25) is 0 Å². The molecule has 1 aliphatic rings. The Morgan fingerprint density at radius 3 is 2.76 bits per heavy atom. The highest BCUT2D eigenvalue weighted by Gasteiger charge is 2.27. The third-order valence-electron chi connectivity index (χ3n) is 2.74. The van der Waals surface area contributed by atoms with Crippen LogP contribution in [0.1, 0.15) is 30.9 Å². The summed E-state index contributed by atoms with van der Waals surface area (Å²) < 4.78 is 18.4. The maximum Gasteiger partial charge on any atom is 0.338 e. The van der Waals surface area contributed by atoms with E-state index in [1.54, 1.807) is 12.1 Å². The van der Waals surface area contributed by atoms with E-state index in [1.165, 1.54) is 6.08 Å². The smallest absolute Gasteiger partial charge is 0.338 e. The Bertz CT molecular complexity index is 491. The maximum absolute atomic E-state index is 13.4. The van der Waals surface area contributed by atoms with Gasteiger partial charge in [-0.15, -0.1) is 0 Å². The highest BCUT2D eigenvalue weighted by molar-refractivity contribution is 5.94. The molecule has 1 aliphatic heterocycles. The third-order valence-corrected chi connectivity index (χ3v) is 2.74. The molecule has 1 aromatic rings. The van der Waals surface area contributed by atoms with E-state index in [1.807, 2.05) is 19.9 Å². The van der Waals surface area contributed by atoms with Crippen molar-refractivity contribution in [2.24, 2.45) is 0 Å². The van der Waals surface area contributed by atoms with Gasteiger partial charge in [0.05, 0.1) is 0 Å². The van der Waals surface area contributed by atoms with Crippen molar-refractivity contribution in [2.75, 3.05) is 0 Å². The van der Waals surface area contributed by atoms with E-state index in [-0.39, 0.29) is 5.57 Å². The van der Waals surface area contributed by atoms with E-state index in [2.05, 4.69) is 0 Å². The van der Waals surface area contributed by atoms with E-state index < -0.39 is 12.3 Å². The van der Waals surface area contributed by atoms with Gasteiger partial charge in [0.1, 0.15) is 11.3 Å². The number of halogens is 1. The molecule has 17 heavy (non-hydrogen) atoms. The van der Waals surface area contributed by atoms with Crippen LogP contribution in [0, 0.1) is 0 Å². The number of aliphatic carboxylic acids is 1. The number of carbonyl (C=O) groups is 1. The monoisotopic (exact) mass is 236 g/mol. The second-order valence-electron chi connectivity index (χ2n) is 4.29. The van der Waals surface area contributed by atoms with Crippen LogP contribution in [0.15, 0.2) is 23.8 Å².